The second kappa shape index (κ2) is 8.32. The van der Waals surface area contributed by atoms with E-state index in [1.807, 2.05) is 0 Å². The summed E-state index contributed by atoms with van der Waals surface area (Å²) in [6, 6.07) is 4.54. The number of rotatable bonds is 4. The van der Waals surface area contributed by atoms with Gasteiger partial charge in [0.2, 0.25) is 0 Å². The highest BCUT2D eigenvalue weighted by Crippen LogP contribution is 2.47. The molecule has 200 valence electrons. The summed E-state index contributed by atoms with van der Waals surface area (Å²) < 4.78 is 101. The van der Waals surface area contributed by atoms with Crippen molar-refractivity contribution in [1.29, 1.82) is 0 Å². The number of benzene rings is 3. The van der Waals surface area contributed by atoms with E-state index in [1.165, 1.54) is 6.92 Å². The van der Waals surface area contributed by atoms with Gasteiger partial charge < -0.3 is 17.2 Å². The summed E-state index contributed by atoms with van der Waals surface area (Å²) in [6.45, 7) is 1.31. The molecule has 14 nitrogen and oxygen atoms in total. The second-order valence-electron chi connectivity index (χ2n) is 8.23. The Hall–Kier alpha value is -3.87. The number of hydrogen-bond donors (Lipinski definition) is 6. The number of carbonyl (C=O) groups is 2. The monoisotopic (exact) mass is 583 g/mol. The first kappa shape index (κ1) is 27.2. The quantitative estimate of drug-likeness (QED) is 0.144. The minimum absolute atomic E-state index is 0.00790. The first-order chi connectivity index (χ1) is 17.3. The summed E-state index contributed by atoms with van der Waals surface area (Å²) in [4.78, 5) is 24.4. The Labute approximate surface area is 215 Å². The zero-order valence-corrected chi connectivity index (χ0v) is 21.4. The van der Waals surface area contributed by atoms with E-state index in [-0.39, 0.29) is 16.8 Å². The van der Waals surface area contributed by atoms with Crippen molar-refractivity contribution in [3.63, 3.8) is 0 Å². The molecule has 0 spiro atoms. The lowest BCUT2D eigenvalue weighted by Gasteiger charge is -2.26. The summed E-state index contributed by atoms with van der Waals surface area (Å²) >= 11 is 0. The summed E-state index contributed by atoms with van der Waals surface area (Å²) in [5.74, 6) is -2.42. The van der Waals surface area contributed by atoms with E-state index in [4.69, 9.17) is 17.2 Å². The van der Waals surface area contributed by atoms with Crippen molar-refractivity contribution in [1.82, 2.24) is 0 Å². The summed E-state index contributed by atoms with van der Waals surface area (Å²) in [7, 11) is -15.3. The molecule has 0 atom stereocenters. The van der Waals surface area contributed by atoms with Crippen LogP contribution in [0.1, 0.15) is 37.4 Å². The third-order valence-electron chi connectivity index (χ3n) is 6.00. The molecule has 38 heavy (non-hydrogen) atoms. The predicted molar refractivity (Wildman–Crippen MR) is 133 cm³/mol. The van der Waals surface area contributed by atoms with Crippen LogP contribution < -0.4 is 17.2 Å². The van der Waals surface area contributed by atoms with Crippen molar-refractivity contribution in [2.75, 3.05) is 17.2 Å². The maximum absolute atomic E-state index is 13.8. The van der Waals surface area contributed by atoms with Crippen molar-refractivity contribution < 1.29 is 48.5 Å². The average molecular weight is 584 g/mol. The fraction of sp³-hybridized carbons (Fsp3) is 0.0476. The molecular weight excluding hydrogens is 566 g/mol. The number of nitrogen functional groups attached to an aromatic ring is 3. The normalized spacial score (nSPS) is 13.8. The zero-order valence-electron chi connectivity index (χ0n) is 19.0. The molecule has 0 aromatic heterocycles. The summed E-state index contributed by atoms with van der Waals surface area (Å²) in [5.41, 5.74) is 11.8. The molecular formula is C21H17N3O11S3. The third-order valence-corrected chi connectivity index (χ3v) is 8.69. The van der Waals surface area contributed by atoms with Gasteiger partial charge in [-0.05, 0) is 36.2 Å². The molecule has 0 saturated carbocycles. The molecule has 0 unspecified atom stereocenters. The van der Waals surface area contributed by atoms with Gasteiger partial charge in [-0.1, -0.05) is 12.1 Å². The lowest BCUT2D eigenvalue weighted by Crippen LogP contribution is -2.28. The number of ketones is 2. The van der Waals surface area contributed by atoms with Crippen LogP contribution in [-0.4, -0.2) is 50.5 Å². The van der Waals surface area contributed by atoms with Crippen molar-refractivity contribution in [2.24, 2.45) is 0 Å². The van der Waals surface area contributed by atoms with E-state index >= 15 is 0 Å². The van der Waals surface area contributed by atoms with Crippen LogP contribution in [0.2, 0.25) is 0 Å². The Morgan fingerprint density at radius 3 is 1.76 bits per heavy atom. The van der Waals surface area contributed by atoms with Crippen LogP contribution >= 0.6 is 0 Å². The molecule has 1 aliphatic carbocycles. The van der Waals surface area contributed by atoms with Crippen molar-refractivity contribution in [3.8, 4) is 11.1 Å². The Morgan fingerprint density at radius 1 is 0.658 bits per heavy atom. The van der Waals surface area contributed by atoms with E-state index in [9.17, 15) is 48.5 Å². The van der Waals surface area contributed by atoms with Crippen LogP contribution in [0.5, 0.6) is 0 Å². The van der Waals surface area contributed by atoms with Crippen LogP contribution in [0.15, 0.2) is 45.0 Å². The highest BCUT2D eigenvalue weighted by molar-refractivity contribution is 7.86. The number of anilines is 3. The van der Waals surface area contributed by atoms with Crippen LogP contribution in [0.4, 0.5) is 17.1 Å². The van der Waals surface area contributed by atoms with Gasteiger partial charge in [0.1, 0.15) is 9.79 Å². The Kier molecular flexibility index (Phi) is 5.95. The minimum Gasteiger partial charge on any atom is -0.398 e. The van der Waals surface area contributed by atoms with Gasteiger partial charge >= 0.3 is 0 Å². The Bertz CT molecular complexity index is 1970. The average Bonchev–Trinajstić information content (AvgIpc) is 2.76. The molecule has 1 aliphatic rings. The van der Waals surface area contributed by atoms with Gasteiger partial charge in [0.25, 0.3) is 30.4 Å². The lowest BCUT2D eigenvalue weighted by atomic mass is 9.78. The van der Waals surface area contributed by atoms with Crippen molar-refractivity contribution >= 4 is 59.0 Å². The smallest absolute Gasteiger partial charge is 0.298 e. The van der Waals surface area contributed by atoms with Crippen LogP contribution in [-0.2, 0) is 30.4 Å². The van der Waals surface area contributed by atoms with Gasteiger partial charge in [-0.25, -0.2) is 0 Å². The highest BCUT2D eigenvalue weighted by atomic mass is 32.2. The minimum atomic E-state index is -5.29. The van der Waals surface area contributed by atoms with Gasteiger partial charge in [-0.3, -0.25) is 23.2 Å². The molecule has 0 aliphatic heterocycles. The maximum Gasteiger partial charge on any atom is 0.298 e. The van der Waals surface area contributed by atoms with Crippen molar-refractivity contribution in [2.45, 2.75) is 21.6 Å². The van der Waals surface area contributed by atoms with E-state index in [1.54, 1.807) is 0 Å². The van der Waals surface area contributed by atoms with Crippen LogP contribution in [0, 0.1) is 6.92 Å². The summed E-state index contributed by atoms with van der Waals surface area (Å²) in [5, 5.41) is 0. The van der Waals surface area contributed by atoms with E-state index in [0.29, 0.717) is 0 Å². The molecule has 0 bridgehead atoms. The van der Waals surface area contributed by atoms with Crippen molar-refractivity contribution in [3.05, 3.63) is 58.1 Å². The third kappa shape index (κ3) is 4.01. The van der Waals surface area contributed by atoms with Gasteiger partial charge in [-0.15, -0.1) is 0 Å². The Balaban J connectivity index is 2.32. The topological polar surface area (TPSA) is 275 Å². The number of fused-ring (bicyclic) bond motifs is 2. The fourth-order valence-corrected chi connectivity index (χ4v) is 6.35. The molecule has 9 N–H and O–H groups in total. The lowest BCUT2D eigenvalue weighted by molar-refractivity contribution is 0.0977. The zero-order chi connectivity index (χ0) is 28.7. The molecule has 0 heterocycles. The highest BCUT2D eigenvalue weighted by Gasteiger charge is 2.41. The van der Waals surface area contributed by atoms with E-state index in [0.717, 1.165) is 30.3 Å². The summed E-state index contributed by atoms with van der Waals surface area (Å²) in [6.07, 6.45) is 0. The van der Waals surface area contributed by atoms with Gasteiger partial charge in [0.05, 0.1) is 27.4 Å². The first-order valence-electron chi connectivity index (χ1n) is 10.1. The van der Waals surface area contributed by atoms with Crippen LogP contribution in [0.25, 0.3) is 11.1 Å². The molecule has 3 aromatic rings. The van der Waals surface area contributed by atoms with E-state index in [2.05, 4.69) is 0 Å². The SMILES string of the molecule is Cc1c(N)cc(S(=O)(=O)O)cc1-c1c(N)c(S(=O)(=O)O)c(N)c2c1C(=O)c1c(cccc1S(=O)(=O)O)C2=O. The van der Waals surface area contributed by atoms with E-state index < -0.39 is 95.8 Å². The number of carbonyl (C=O) groups excluding carboxylic acids is 2. The largest absolute Gasteiger partial charge is 0.398 e. The second-order valence-corrected chi connectivity index (χ2v) is 12.4. The maximum atomic E-state index is 13.8. The molecule has 3 aromatic carbocycles. The van der Waals surface area contributed by atoms with Gasteiger partial charge in [0.15, 0.2) is 11.6 Å². The Morgan fingerprint density at radius 2 is 1.24 bits per heavy atom. The molecule has 0 amide bonds. The standard InChI is InChI=1S/C21H17N3O11S3/c1-7-10(5-8(6-11(7)22)36(27,28)29)14-15-16(18(24)21(17(14)23)38(33,34)35)19(25)9-3-2-4-12(37(30,31)32)13(9)20(15)26/h2-6H,22-24H2,1H3,(H,27,28,29)(H,30,31,32)(H,33,34,35). The number of hydrogen-bond acceptors (Lipinski definition) is 11. The molecule has 4 rings (SSSR count). The molecule has 0 radical (unpaired) electrons. The van der Waals surface area contributed by atoms with Gasteiger partial charge in [0, 0.05) is 22.4 Å². The number of nitrogens with two attached hydrogens (primary N) is 3. The van der Waals surface area contributed by atoms with Crippen LogP contribution in [0.3, 0.4) is 0 Å². The fourth-order valence-electron chi connectivity index (χ4n) is 4.33. The van der Waals surface area contributed by atoms with Gasteiger partial charge in [-0.2, -0.15) is 25.3 Å². The molecule has 0 saturated heterocycles. The predicted octanol–water partition coefficient (Wildman–Crippen LogP) is 0.924. The first-order valence-corrected chi connectivity index (χ1v) is 14.4. The molecule has 17 heteroatoms. The molecule has 0 fully saturated rings.